The molecule has 1 spiro atoms. The van der Waals surface area contributed by atoms with Crippen LogP contribution in [0.3, 0.4) is 0 Å². The molecule has 5 heteroatoms. The molecule has 4 rings (SSSR count). The number of amides is 2. The van der Waals surface area contributed by atoms with E-state index >= 15 is 0 Å². The van der Waals surface area contributed by atoms with E-state index in [-0.39, 0.29) is 17.9 Å². The maximum absolute atomic E-state index is 14.1. The molecule has 0 aromatic heterocycles. The molecule has 1 aliphatic carbocycles. The average Bonchev–Trinajstić information content (AvgIpc) is 3.24. The van der Waals surface area contributed by atoms with Crippen molar-refractivity contribution < 1.29 is 14.3 Å². The zero-order valence-electron chi connectivity index (χ0n) is 18.1. The molecule has 3 fully saturated rings. The van der Waals surface area contributed by atoms with Gasteiger partial charge in [0.2, 0.25) is 11.8 Å². The molecule has 0 bridgehead atoms. The van der Waals surface area contributed by atoms with E-state index in [0.29, 0.717) is 0 Å². The fraction of sp³-hybridized carbons (Fsp3) is 0.667. The van der Waals surface area contributed by atoms with E-state index in [2.05, 4.69) is 24.0 Å². The number of methoxy groups -OCH3 is 1. The molecule has 1 aromatic rings. The fourth-order valence-electron chi connectivity index (χ4n) is 6.17. The Bertz CT molecular complexity index is 765. The Morgan fingerprint density at radius 1 is 1.00 bits per heavy atom. The van der Waals surface area contributed by atoms with Gasteiger partial charge in [0.05, 0.1) is 17.9 Å². The highest BCUT2D eigenvalue weighted by Gasteiger charge is 2.54. The molecule has 0 N–H and O–H groups in total. The van der Waals surface area contributed by atoms with Crippen LogP contribution in [0.25, 0.3) is 0 Å². The third-order valence-corrected chi connectivity index (χ3v) is 7.95. The molecule has 2 saturated heterocycles. The van der Waals surface area contributed by atoms with Gasteiger partial charge in [0.1, 0.15) is 5.75 Å². The van der Waals surface area contributed by atoms with E-state index in [9.17, 15) is 9.59 Å². The topological polar surface area (TPSA) is 49.9 Å². The summed E-state index contributed by atoms with van der Waals surface area (Å²) in [6.07, 6.45) is 7.67. The van der Waals surface area contributed by atoms with Crippen molar-refractivity contribution >= 4 is 11.8 Å². The first-order valence-corrected chi connectivity index (χ1v) is 11.2. The van der Waals surface area contributed by atoms with Crippen LogP contribution in [0, 0.1) is 5.41 Å². The summed E-state index contributed by atoms with van der Waals surface area (Å²) in [7, 11) is 3.57. The maximum atomic E-state index is 14.1. The molecule has 3 aliphatic rings. The van der Waals surface area contributed by atoms with Gasteiger partial charge in [-0.2, -0.15) is 0 Å². The quantitative estimate of drug-likeness (QED) is 0.779. The number of piperidine rings is 2. The molecule has 2 heterocycles. The van der Waals surface area contributed by atoms with Crippen LogP contribution in [0.1, 0.15) is 63.9 Å². The highest BCUT2D eigenvalue weighted by Crippen LogP contribution is 2.48. The first kappa shape index (κ1) is 20.2. The molecule has 1 aromatic carbocycles. The van der Waals surface area contributed by atoms with Gasteiger partial charge in [-0.15, -0.1) is 0 Å². The highest BCUT2D eigenvalue weighted by molar-refractivity contribution is 5.91. The van der Waals surface area contributed by atoms with Crippen molar-refractivity contribution in [2.24, 2.45) is 5.41 Å². The summed E-state index contributed by atoms with van der Waals surface area (Å²) in [5.74, 6) is 1.28. The monoisotopic (exact) mass is 398 g/mol. The predicted octanol–water partition coefficient (Wildman–Crippen LogP) is 3.76. The van der Waals surface area contributed by atoms with Crippen LogP contribution in [-0.2, 0) is 15.0 Å². The van der Waals surface area contributed by atoms with E-state index < -0.39 is 10.8 Å². The zero-order chi connectivity index (χ0) is 20.6. The van der Waals surface area contributed by atoms with Crippen molar-refractivity contribution in [3.8, 4) is 5.75 Å². The summed E-state index contributed by atoms with van der Waals surface area (Å²) in [6.45, 7) is 3.71. The van der Waals surface area contributed by atoms with Gasteiger partial charge in [0.15, 0.2) is 0 Å². The molecule has 29 heavy (non-hydrogen) atoms. The number of benzene rings is 1. The maximum Gasteiger partial charge on any atom is 0.233 e. The Labute approximate surface area is 174 Å². The lowest BCUT2D eigenvalue weighted by molar-refractivity contribution is -0.160. The minimum atomic E-state index is -0.456. The molecule has 158 valence electrons. The first-order chi connectivity index (χ1) is 13.9. The lowest BCUT2D eigenvalue weighted by Gasteiger charge is -2.52. The van der Waals surface area contributed by atoms with Crippen LogP contribution >= 0.6 is 0 Å². The summed E-state index contributed by atoms with van der Waals surface area (Å²) in [6, 6.07) is 8.00. The number of nitrogens with zero attached hydrogens (tertiary/aromatic N) is 2. The number of carbonyl (C=O) groups excluding carboxylic acids is 2. The second-order valence-corrected chi connectivity index (χ2v) is 9.28. The lowest BCUT2D eigenvalue weighted by atomic mass is 9.67. The largest absolute Gasteiger partial charge is 0.497 e. The lowest BCUT2D eigenvalue weighted by Crippen LogP contribution is -2.63. The summed E-state index contributed by atoms with van der Waals surface area (Å²) in [4.78, 5) is 31.2. The molecular weight excluding hydrogens is 364 g/mol. The second kappa shape index (κ2) is 7.66. The Balaban J connectivity index is 1.66. The van der Waals surface area contributed by atoms with Crippen LogP contribution in [0.4, 0.5) is 0 Å². The highest BCUT2D eigenvalue weighted by atomic mass is 16.5. The number of ether oxygens (including phenoxy) is 1. The van der Waals surface area contributed by atoms with Crippen molar-refractivity contribution in [2.75, 3.05) is 27.2 Å². The van der Waals surface area contributed by atoms with Gasteiger partial charge in [-0.05, 0) is 63.1 Å². The SMILES string of the molecule is COc1ccc(C2(C(=O)N3CCC[C@@]4(CCCN(C)C4=O)[C@H]3C)CCCC2)cc1. The van der Waals surface area contributed by atoms with Crippen LogP contribution < -0.4 is 4.74 Å². The first-order valence-electron chi connectivity index (χ1n) is 11.2. The van der Waals surface area contributed by atoms with Crippen molar-refractivity contribution in [1.82, 2.24) is 9.80 Å². The molecule has 2 amide bonds. The van der Waals surface area contributed by atoms with E-state index in [4.69, 9.17) is 4.74 Å². The van der Waals surface area contributed by atoms with E-state index in [1.807, 2.05) is 24.1 Å². The van der Waals surface area contributed by atoms with Crippen LogP contribution in [-0.4, -0.2) is 54.9 Å². The Morgan fingerprint density at radius 2 is 1.62 bits per heavy atom. The molecule has 0 radical (unpaired) electrons. The zero-order valence-corrected chi connectivity index (χ0v) is 18.1. The second-order valence-electron chi connectivity index (χ2n) is 9.28. The molecule has 1 saturated carbocycles. The smallest absolute Gasteiger partial charge is 0.233 e. The van der Waals surface area contributed by atoms with Crippen LogP contribution in [0.15, 0.2) is 24.3 Å². The number of likely N-dealkylation sites (tertiary alicyclic amines) is 2. The van der Waals surface area contributed by atoms with Gasteiger partial charge in [-0.25, -0.2) is 0 Å². The number of hydrogen-bond donors (Lipinski definition) is 0. The standard InChI is InChI=1S/C24H34N2O3/c1-18-23(14-6-16-25(2)21(23)27)15-7-17-26(18)22(28)24(12-4-5-13-24)19-8-10-20(29-3)11-9-19/h8-11,18H,4-7,12-17H2,1-3H3/t18-,23+/m1/s1. The van der Waals surface area contributed by atoms with E-state index in [1.54, 1.807) is 7.11 Å². The Kier molecular flexibility index (Phi) is 5.34. The third kappa shape index (κ3) is 3.13. The third-order valence-electron chi connectivity index (χ3n) is 7.95. The van der Waals surface area contributed by atoms with Gasteiger partial charge in [-0.1, -0.05) is 25.0 Å². The van der Waals surface area contributed by atoms with Gasteiger partial charge in [-0.3, -0.25) is 9.59 Å². The van der Waals surface area contributed by atoms with Gasteiger partial charge in [0, 0.05) is 26.2 Å². The van der Waals surface area contributed by atoms with Gasteiger partial charge in [0.25, 0.3) is 0 Å². The molecule has 2 atom stereocenters. The van der Waals surface area contributed by atoms with Gasteiger partial charge < -0.3 is 14.5 Å². The molecular formula is C24H34N2O3. The Morgan fingerprint density at radius 3 is 2.24 bits per heavy atom. The molecule has 0 unspecified atom stereocenters. The summed E-state index contributed by atoms with van der Waals surface area (Å²) in [5, 5.41) is 0. The number of carbonyl (C=O) groups is 2. The van der Waals surface area contributed by atoms with Crippen LogP contribution in [0.2, 0.25) is 0 Å². The van der Waals surface area contributed by atoms with Crippen LogP contribution in [0.5, 0.6) is 5.75 Å². The minimum Gasteiger partial charge on any atom is -0.497 e. The van der Waals surface area contributed by atoms with Crippen molar-refractivity contribution in [3.63, 3.8) is 0 Å². The normalized spacial score (nSPS) is 29.3. The average molecular weight is 399 g/mol. The fourth-order valence-corrected chi connectivity index (χ4v) is 6.17. The molecule has 5 nitrogen and oxygen atoms in total. The van der Waals surface area contributed by atoms with Gasteiger partial charge >= 0.3 is 0 Å². The Hall–Kier alpha value is -2.04. The van der Waals surface area contributed by atoms with Crippen molar-refractivity contribution in [2.45, 2.75) is 69.7 Å². The van der Waals surface area contributed by atoms with Crippen molar-refractivity contribution in [1.29, 1.82) is 0 Å². The number of rotatable bonds is 3. The van der Waals surface area contributed by atoms with E-state index in [0.717, 1.165) is 75.8 Å². The number of hydrogen-bond acceptors (Lipinski definition) is 3. The van der Waals surface area contributed by atoms with E-state index in [1.165, 1.54) is 0 Å². The van der Waals surface area contributed by atoms with Crippen molar-refractivity contribution in [3.05, 3.63) is 29.8 Å². The predicted molar refractivity (Wildman–Crippen MR) is 113 cm³/mol. The summed E-state index contributed by atoms with van der Waals surface area (Å²) >= 11 is 0. The molecule has 2 aliphatic heterocycles. The minimum absolute atomic E-state index is 0.0466. The summed E-state index contributed by atoms with van der Waals surface area (Å²) < 4.78 is 5.32. The summed E-state index contributed by atoms with van der Waals surface area (Å²) in [5.41, 5.74) is 0.239.